The van der Waals surface area contributed by atoms with Gasteiger partial charge < -0.3 is 14.6 Å². The van der Waals surface area contributed by atoms with Crippen molar-refractivity contribution in [2.75, 3.05) is 20.2 Å². The number of rotatable bonds is 2. The molecule has 5 aliphatic rings. The summed E-state index contributed by atoms with van der Waals surface area (Å²) in [6, 6.07) is 3.08. The van der Waals surface area contributed by atoms with Crippen LogP contribution in [0.25, 0.3) is 0 Å². The van der Waals surface area contributed by atoms with Crippen LogP contribution in [0, 0.1) is 5.41 Å². The van der Waals surface area contributed by atoms with Crippen molar-refractivity contribution in [2.45, 2.75) is 55.0 Å². The van der Waals surface area contributed by atoms with Crippen LogP contribution in [-0.4, -0.2) is 59.9 Å². The second-order valence-corrected chi connectivity index (χ2v) is 9.13. The third-order valence-corrected chi connectivity index (χ3v) is 7.85. The smallest absolute Gasteiger partial charge is 0.401 e. The minimum absolute atomic E-state index is 0.0883. The number of ether oxygens (including phenoxy) is 2. The summed E-state index contributed by atoms with van der Waals surface area (Å²) >= 11 is 0. The zero-order valence-electron chi connectivity index (χ0n) is 15.3. The molecule has 0 aromatic heterocycles. The molecule has 0 amide bonds. The van der Waals surface area contributed by atoms with E-state index < -0.39 is 41.3 Å². The average Bonchev–Trinajstić information content (AvgIpc) is 3.01. The number of aliphatic hydroxyl groups is 1. The number of carbonyl (C=O) groups excluding carboxylic acids is 1. The molecule has 2 bridgehead atoms. The first kappa shape index (κ1) is 17.1. The number of carbonyl (C=O) groups is 1. The van der Waals surface area contributed by atoms with Gasteiger partial charge in [0.1, 0.15) is 0 Å². The van der Waals surface area contributed by atoms with Gasteiger partial charge in [-0.2, -0.15) is 13.2 Å². The second-order valence-electron chi connectivity index (χ2n) is 9.13. The molecule has 1 aromatic carbocycles. The molecule has 28 heavy (non-hydrogen) atoms. The van der Waals surface area contributed by atoms with E-state index in [9.17, 15) is 23.1 Å². The molecular formula is C20H20F3NO4. The van der Waals surface area contributed by atoms with E-state index in [1.807, 2.05) is 6.07 Å². The van der Waals surface area contributed by atoms with Gasteiger partial charge in [-0.15, -0.1) is 0 Å². The molecule has 2 aliphatic heterocycles. The fourth-order valence-electron chi connectivity index (χ4n) is 7.38. The van der Waals surface area contributed by atoms with Crippen molar-refractivity contribution >= 4 is 5.78 Å². The summed E-state index contributed by atoms with van der Waals surface area (Å²) in [5.41, 5.74) is -1.09. The first-order valence-corrected chi connectivity index (χ1v) is 9.58. The van der Waals surface area contributed by atoms with E-state index in [2.05, 4.69) is 0 Å². The maximum atomic E-state index is 13.2. The highest BCUT2D eigenvalue weighted by Gasteiger charge is 2.83. The number of benzene rings is 1. The number of Topliss-reactive ketones (excluding diaryl/α,β-unsaturated/α-hetero) is 1. The number of fused-ring (bicyclic) bond motifs is 1. The van der Waals surface area contributed by atoms with Gasteiger partial charge in [0.2, 0.25) is 0 Å². The number of alkyl halides is 3. The van der Waals surface area contributed by atoms with Crippen molar-refractivity contribution in [2.24, 2.45) is 5.41 Å². The topological polar surface area (TPSA) is 59.0 Å². The molecule has 0 unspecified atom stereocenters. The van der Waals surface area contributed by atoms with Crippen LogP contribution in [0.15, 0.2) is 12.1 Å². The Bertz CT molecular complexity index is 933. The number of hydrogen-bond acceptors (Lipinski definition) is 5. The molecular weight excluding hydrogens is 375 g/mol. The molecule has 3 aliphatic carbocycles. The van der Waals surface area contributed by atoms with E-state index in [1.54, 1.807) is 6.07 Å². The zero-order chi connectivity index (χ0) is 19.7. The van der Waals surface area contributed by atoms with Gasteiger partial charge in [0, 0.05) is 30.0 Å². The lowest BCUT2D eigenvalue weighted by Crippen LogP contribution is -2.73. The van der Waals surface area contributed by atoms with Gasteiger partial charge in [-0.3, -0.25) is 9.69 Å². The summed E-state index contributed by atoms with van der Waals surface area (Å²) in [4.78, 5) is 14.2. The molecule has 1 N–H and O–H groups in total. The minimum Gasteiger partial charge on any atom is -0.493 e. The Morgan fingerprint density at radius 3 is 2.89 bits per heavy atom. The van der Waals surface area contributed by atoms with Crippen LogP contribution < -0.4 is 9.47 Å². The van der Waals surface area contributed by atoms with Gasteiger partial charge >= 0.3 is 6.18 Å². The summed E-state index contributed by atoms with van der Waals surface area (Å²) in [7, 11) is 1.52. The third-order valence-electron chi connectivity index (χ3n) is 7.85. The molecule has 6 rings (SSSR count). The zero-order valence-corrected chi connectivity index (χ0v) is 15.3. The van der Waals surface area contributed by atoms with Crippen LogP contribution in [0.5, 0.6) is 11.5 Å². The third kappa shape index (κ3) is 1.64. The largest absolute Gasteiger partial charge is 0.493 e. The second kappa shape index (κ2) is 4.67. The molecule has 2 saturated carbocycles. The minimum atomic E-state index is -4.33. The van der Waals surface area contributed by atoms with E-state index in [4.69, 9.17) is 9.47 Å². The summed E-state index contributed by atoms with van der Waals surface area (Å²) < 4.78 is 51.0. The molecule has 5 nitrogen and oxygen atoms in total. The first-order valence-electron chi connectivity index (χ1n) is 9.58. The summed E-state index contributed by atoms with van der Waals surface area (Å²) in [5, 5.41) is 12.0. The van der Waals surface area contributed by atoms with E-state index in [0.717, 1.165) is 11.1 Å². The molecule has 150 valence electrons. The molecule has 3 fully saturated rings. The Morgan fingerprint density at radius 1 is 1.39 bits per heavy atom. The van der Waals surface area contributed by atoms with E-state index >= 15 is 0 Å². The summed E-state index contributed by atoms with van der Waals surface area (Å²) in [6.45, 7) is -0.757. The molecule has 2 heterocycles. The van der Waals surface area contributed by atoms with Gasteiger partial charge in [-0.1, -0.05) is 6.07 Å². The van der Waals surface area contributed by atoms with E-state index in [0.29, 0.717) is 24.3 Å². The fourth-order valence-corrected chi connectivity index (χ4v) is 7.38. The van der Waals surface area contributed by atoms with Crippen LogP contribution in [0.2, 0.25) is 0 Å². The van der Waals surface area contributed by atoms with Crippen molar-refractivity contribution in [1.82, 2.24) is 4.90 Å². The van der Waals surface area contributed by atoms with Crippen molar-refractivity contribution in [3.05, 3.63) is 23.3 Å². The van der Waals surface area contributed by atoms with Crippen molar-refractivity contribution in [3.63, 3.8) is 0 Å². The normalized spacial score (nSPS) is 42.5. The Labute approximate surface area is 159 Å². The Balaban J connectivity index is 1.58. The van der Waals surface area contributed by atoms with Gasteiger partial charge in [-0.25, -0.2) is 0 Å². The highest BCUT2D eigenvalue weighted by Crippen LogP contribution is 2.75. The molecule has 1 aromatic rings. The maximum Gasteiger partial charge on any atom is 0.401 e. The monoisotopic (exact) mass is 395 g/mol. The molecule has 8 heteroatoms. The average molecular weight is 395 g/mol. The predicted molar refractivity (Wildman–Crippen MR) is 90.4 cm³/mol. The Hall–Kier alpha value is -1.80. The first-order chi connectivity index (χ1) is 13.2. The van der Waals surface area contributed by atoms with Crippen molar-refractivity contribution < 1.29 is 32.5 Å². The summed E-state index contributed by atoms with van der Waals surface area (Å²) in [5.74, 6) is 0.895. The van der Waals surface area contributed by atoms with Crippen molar-refractivity contribution in [3.8, 4) is 11.5 Å². The highest BCUT2D eigenvalue weighted by atomic mass is 19.4. The van der Waals surface area contributed by atoms with Gasteiger partial charge in [-0.05, 0) is 30.9 Å². The molecule has 0 radical (unpaired) electrons. The number of likely N-dealkylation sites (tertiary alicyclic amines) is 1. The molecule has 1 saturated heterocycles. The number of methoxy groups -OCH3 is 1. The fraction of sp³-hybridized carbons (Fsp3) is 0.650. The quantitative estimate of drug-likeness (QED) is 0.830. The van der Waals surface area contributed by atoms with Crippen LogP contribution in [0.4, 0.5) is 13.2 Å². The SMILES string of the molecule is COc1ccc2c3c1O[C@H]1C(=O)CC[C@@]4(O)[C@@H]5N(CC(F)(F)F)C[C@]5(C2)C[C@]314. The number of nitrogens with zero attached hydrogens (tertiary/aromatic N) is 1. The molecule has 5 atom stereocenters. The van der Waals surface area contributed by atoms with Crippen LogP contribution in [0.1, 0.15) is 30.4 Å². The van der Waals surface area contributed by atoms with Crippen LogP contribution >= 0.6 is 0 Å². The molecule has 2 spiro atoms. The number of halogens is 3. The lowest BCUT2D eigenvalue weighted by molar-refractivity contribution is -0.214. The van der Waals surface area contributed by atoms with Gasteiger partial charge in [0.25, 0.3) is 0 Å². The predicted octanol–water partition coefficient (Wildman–Crippen LogP) is 1.98. The van der Waals surface area contributed by atoms with E-state index in [1.165, 1.54) is 12.0 Å². The Morgan fingerprint density at radius 2 is 2.18 bits per heavy atom. The van der Waals surface area contributed by atoms with Gasteiger partial charge in [0.15, 0.2) is 23.4 Å². The lowest BCUT2D eigenvalue weighted by Gasteiger charge is -2.58. The highest BCUT2D eigenvalue weighted by molar-refractivity contribution is 5.90. The lowest BCUT2D eigenvalue weighted by atomic mass is 9.57. The standard InChI is InChI=1S/C20H20F3NO4/c1-27-12-3-2-10-6-17-7-18-13(10)14(12)28-15(18)11(25)4-5-19(18,26)16(17)24(8-17)9-20(21,22)23/h2-3,15-16,26H,4-9H2,1H3/t15-,16+,17-,18-,19+/m0/s1. The van der Waals surface area contributed by atoms with E-state index in [-0.39, 0.29) is 25.2 Å². The van der Waals surface area contributed by atoms with Crippen LogP contribution in [-0.2, 0) is 16.6 Å². The van der Waals surface area contributed by atoms with Crippen LogP contribution in [0.3, 0.4) is 0 Å². The number of hydrogen-bond donors (Lipinski definition) is 1. The Kier molecular flexibility index (Phi) is 2.85. The number of ketones is 1. The summed E-state index contributed by atoms with van der Waals surface area (Å²) in [6.07, 6.45) is -3.83. The van der Waals surface area contributed by atoms with Crippen molar-refractivity contribution in [1.29, 1.82) is 0 Å². The van der Waals surface area contributed by atoms with Gasteiger partial charge in [0.05, 0.1) is 24.7 Å². The maximum absolute atomic E-state index is 13.2.